The van der Waals surface area contributed by atoms with Crippen LogP contribution in [0.1, 0.15) is 32.3 Å². The Kier molecular flexibility index (Phi) is 10.2. The lowest BCUT2D eigenvalue weighted by atomic mass is 10.3. The van der Waals surface area contributed by atoms with Crippen molar-refractivity contribution >= 4 is 12.4 Å². The van der Waals surface area contributed by atoms with Gasteiger partial charge < -0.3 is 10.1 Å². The molecule has 0 fully saturated rings. The van der Waals surface area contributed by atoms with Gasteiger partial charge in [-0.3, -0.25) is 4.68 Å². The van der Waals surface area contributed by atoms with Gasteiger partial charge in [0.2, 0.25) is 0 Å². The average Bonchev–Trinajstić information content (AvgIpc) is 2.72. The molecule has 0 bridgehead atoms. The molecule has 0 saturated carbocycles. The van der Waals surface area contributed by atoms with Crippen LogP contribution in [0.4, 0.5) is 0 Å². The molecule has 0 unspecified atom stereocenters. The lowest BCUT2D eigenvalue weighted by Crippen LogP contribution is -2.16. The second-order valence-electron chi connectivity index (χ2n) is 3.84. The first-order valence-electron chi connectivity index (χ1n) is 6.16. The van der Waals surface area contributed by atoms with Crippen molar-refractivity contribution in [2.24, 2.45) is 0 Å². The van der Waals surface area contributed by atoms with E-state index in [1.807, 2.05) is 17.8 Å². The molecule has 0 aliphatic heterocycles. The van der Waals surface area contributed by atoms with E-state index in [0.29, 0.717) is 0 Å². The van der Waals surface area contributed by atoms with E-state index < -0.39 is 0 Å². The molecule has 17 heavy (non-hydrogen) atoms. The first kappa shape index (κ1) is 16.4. The molecule has 0 aliphatic carbocycles. The number of hydrogen-bond acceptors (Lipinski definition) is 3. The predicted octanol–water partition coefficient (Wildman–Crippen LogP) is 2.23. The molecule has 1 N–H and O–H groups in total. The third kappa shape index (κ3) is 7.36. The molecule has 0 saturated heterocycles. The number of aryl methyl sites for hydroxylation is 1. The Morgan fingerprint density at radius 3 is 2.94 bits per heavy atom. The van der Waals surface area contributed by atoms with Gasteiger partial charge in [-0.05, 0) is 26.3 Å². The Balaban J connectivity index is 0.00000256. The Labute approximate surface area is 110 Å². The summed E-state index contributed by atoms with van der Waals surface area (Å²) in [5, 5.41) is 7.67. The van der Waals surface area contributed by atoms with Gasteiger partial charge in [-0.1, -0.05) is 6.92 Å². The SMILES string of the molecule is CCCn1cc(CNCCCOCC)cn1.Cl. The maximum atomic E-state index is 5.27. The maximum absolute atomic E-state index is 5.27. The van der Waals surface area contributed by atoms with Crippen LogP contribution < -0.4 is 5.32 Å². The summed E-state index contributed by atoms with van der Waals surface area (Å²) in [7, 11) is 0. The molecule has 1 rings (SSSR count). The van der Waals surface area contributed by atoms with Gasteiger partial charge in [-0.25, -0.2) is 0 Å². The van der Waals surface area contributed by atoms with Crippen LogP contribution >= 0.6 is 12.4 Å². The molecule has 1 heterocycles. The zero-order valence-corrected chi connectivity index (χ0v) is 11.6. The van der Waals surface area contributed by atoms with Crippen molar-refractivity contribution in [3.63, 3.8) is 0 Å². The van der Waals surface area contributed by atoms with Gasteiger partial charge in [0, 0.05) is 38.1 Å². The van der Waals surface area contributed by atoms with Crippen molar-refractivity contribution in [3.05, 3.63) is 18.0 Å². The van der Waals surface area contributed by atoms with E-state index in [1.54, 1.807) is 0 Å². The molecule has 5 heteroatoms. The molecule has 0 amide bonds. The van der Waals surface area contributed by atoms with Crippen LogP contribution in [-0.2, 0) is 17.8 Å². The highest BCUT2D eigenvalue weighted by Crippen LogP contribution is 1.98. The number of hydrogen-bond donors (Lipinski definition) is 1. The third-order valence-electron chi connectivity index (χ3n) is 2.31. The fraction of sp³-hybridized carbons (Fsp3) is 0.750. The third-order valence-corrected chi connectivity index (χ3v) is 2.31. The summed E-state index contributed by atoms with van der Waals surface area (Å²) in [6, 6.07) is 0. The van der Waals surface area contributed by atoms with Crippen LogP contribution in [-0.4, -0.2) is 29.5 Å². The molecular weight excluding hydrogens is 238 g/mol. The molecular formula is C12H24ClN3O. The van der Waals surface area contributed by atoms with Crippen molar-refractivity contribution in [3.8, 4) is 0 Å². The highest BCUT2D eigenvalue weighted by molar-refractivity contribution is 5.85. The van der Waals surface area contributed by atoms with E-state index in [-0.39, 0.29) is 12.4 Å². The highest BCUT2D eigenvalue weighted by atomic mass is 35.5. The van der Waals surface area contributed by atoms with Gasteiger partial charge in [0.15, 0.2) is 0 Å². The van der Waals surface area contributed by atoms with Crippen molar-refractivity contribution < 1.29 is 4.74 Å². The van der Waals surface area contributed by atoms with Crippen LogP contribution in [0.15, 0.2) is 12.4 Å². The number of halogens is 1. The monoisotopic (exact) mass is 261 g/mol. The van der Waals surface area contributed by atoms with E-state index in [4.69, 9.17) is 4.74 Å². The fourth-order valence-corrected chi connectivity index (χ4v) is 1.53. The molecule has 1 aromatic rings. The number of ether oxygens (including phenoxy) is 1. The Morgan fingerprint density at radius 1 is 1.41 bits per heavy atom. The molecule has 0 atom stereocenters. The van der Waals surface area contributed by atoms with Crippen molar-refractivity contribution in [1.82, 2.24) is 15.1 Å². The van der Waals surface area contributed by atoms with Crippen LogP contribution in [0.2, 0.25) is 0 Å². The number of rotatable bonds is 9. The van der Waals surface area contributed by atoms with E-state index in [2.05, 4.69) is 23.5 Å². The maximum Gasteiger partial charge on any atom is 0.0534 e. The predicted molar refractivity (Wildman–Crippen MR) is 72.6 cm³/mol. The number of nitrogens with zero attached hydrogens (tertiary/aromatic N) is 2. The van der Waals surface area contributed by atoms with Gasteiger partial charge >= 0.3 is 0 Å². The van der Waals surface area contributed by atoms with E-state index in [1.165, 1.54) is 5.56 Å². The van der Waals surface area contributed by atoms with Crippen LogP contribution in [0.5, 0.6) is 0 Å². The second-order valence-corrected chi connectivity index (χ2v) is 3.84. The van der Waals surface area contributed by atoms with Crippen LogP contribution in [0.25, 0.3) is 0 Å². The van der Waals surface area contributed by atoms with Gasteiger partial charge in [0.05, 0.1) is 6.20 Å². The minimum atomic E-state index is 0. The normalized spacial score (nSPS) is 10.2. The fourth-order valence-electron chi connectivity index (χ4n) is 1.53. The topological polar surface area (TPSA) is 39.1 Å². The van der Waals surface area contributed by atoms with E-state index >= 15 is 0 Å². The Morgan fingerprint density at radius 2 is 2.24 bits per heavy atom. The first-order valence-corrected chi connectivity index (χ1v) is 6.16. The van der Waals surface area contributed by atoms with Crippen molar-refractivity contribution in [1.29, 1.82) is 0 Å². The minimum Gasteiger partial charge on any atom is -0.382 e. The summed E-state index contributed by atoms with van der Waals surface area (Å²) in [5.41, 5.74) is 1.25. The van der Waals surface area contributed by atoms with Crippen molar-refractivity contribution in [2.45, 2.75) is 39.8 Å². The lowest BCUT2D eigenvalue weighted by Gasteiger charge is -2.03. The number of aromatic nitrogens is 2. The summed E-state index contributed by atoms with van der Waals surface area (Å²) in [4.78, 5) is 0. The smallest absolute Gasteiger partial charge is 0.0534 e. The van der Waals surface area contributed by atoms with Gasteiger partial charge in [0.25, 0.3) is 0 Å². The van der Waals surface area contributed by atoms with Crippen LogP contribution in [0.3, 0.4) is 0 Å². The van der Waals surface area contributed by atoms with Crippen LogP contribution in [0, 0.1) is 0 Å². The van der Waals surface area contributed by atoms with Gasteiger partial charge in [-0.2, -0.15) is 5.10 Å². The lowest BCUT2D eigenvalue weighted by molar-refractivity contribution is 0.144. The quantitative estimate of drug-likeness (QED) is 0.693. The largest absolute Gasteiger partial charge is 0.382 e. The molecule has 0 radical (unpaired) electrons. The highest BCUT2D eigenvalue weighted by Gasteiger charge is 1.97. The minimum absolute atomic E-state index is 0. The summed E-state index contributed by atoms with van der Waals surface area (Å²) in [6.45, 7) is 8.74. The van der Waals surface area contributed by atoms with E-state index in [9.17, 15) is 0 Å². The average molecular weight is 262 g/mol. The molecule has 1 aromatic heterocycles. The standard InChI is InChI=1S/C12H23N3O.ClH/c1-3-7-15-11-12(10-14-15)9-13-6-5-8-16-4-2;/h10-11,13H,3-9H2,1-2H3;1H. The Hall–Kier alpha value is -0.580. The first-order chi connectivity index (χ1) is 7.86. The molecule has 100 valence electrons. The number of nitrogens with one attached hydrogen (secondary N) is 1. The molecule has 0 aromatic carbocycles. The molecule has 0 aliphatic rings. The molecule has 4 nitrogen and oxygen atoms in total. The summed E-state index contributed by atoms with van der Waals surface area (Å²) in [6.07, 6.45) is 6.24. The summed E-state index contributed by atoms with van der Waals surface area (Å²) >= 11 is 0. The zero-order chi connectivity index (χ0) is 11.6. The second kappa shape index (κ2) is 10.6. The van der Waals surface area contributed by atoms with Gasteiger partial charge in [0.1, 0.15) is 0 Å². The van der Waals surface area contributed by atoms with E-state index in [0.717, 1.165) is 45.7 Å². The van der Waals surface area contributed by atoms with Gasteiger partial charge in [-0.15, -0.1) is 12.4 Å². The summed E-state index contributed by atoms with van der Waals surface area (Å²) in [5.74, 6) is 0. The summed E-state index contributed by atoms with van der Waals surface area (Å²) < 4.78 is 7.26. The zero-order valence-electron chi connectivity index (χ0n) is 10.8. The molecule has 0 spiro atoms. The Bertz CT molecular complexity index is 278. The van der Waals surface area contributed by atoms with Crippen molar-refractivity contribution in [2.75, 3.05) is 19.8 Å².